The average molecular weight is 398 g/mol. The van der Waals surface area contributed by atoms with Crippen LogP contribution in [0.25, 0.3) is 0 Å². The molecule has 0 amide bonds. The maximum Gasteiger partial charge on any atom is 0.208 e. The number of carbonyl (C=O) groups is 2. The molecule has 1 fully saturated rings. The Balaban J connectivity index is 1.78. The van der Waals surface area contributed by atoms with E-state index in [2.05, 4.69) is 0 Å². The molecule has 150 valence electrons. The van der Waals surface area contributed by atoms with E-state index in [-0.39, 0.29) is 45.1 Å². The van der Waals surface area contributed by atoms with Gasteiger partial charge in [0, 0.05) is 30.5 Å². The van der Waals surface area contributed by atoms with Crippen LogP contribution < -0.4 is 9.47 Å². The number of aliphatic hydroxyl groups is 1. The second-order valence-corrected chi connectivity index (χ2v) is 7.67. The summed E-state index contributed by atoms with van der Waals surface area (Å²) in [5.41, 5.74) is -0.138. The van der Waals surface area contributed by atoms with Gasteiger partial charge in [0.05, 0.1) is 29.9 Å². The molecule has 2 aromatic rings. The van der Waals surface area contributed by atoms with Crippen molar-refractivity contribution in [3.63, 3.8) is 0 Å². The third-order valence-corrected chi connectivity index (χ3v) is 5.78. The largest absolute Gasteiger partial charge is 0.508 e. The van der Waals surface area contributed by atoms with E-state index < -0.39 is 35.3 Å². The number of methoxy groups -OCH3 is 1. The molecular formula is C21H18O8. The minimum atomic E-state index is -1.00. The fourth-order valence-corrected chi connectivity index (χ4v) is 4.40. The summed E-state index contributed by atoms with van der Waals surface area (Å²) in [7, 11) is 1.32. The number of fused-ring (bicyclic) bond motifs is 6. The molecule has 0 unspecified atom stereocenters. The Morgan fingerprint density at radius 3 is 2.55 bits per heavy atom. The minimum Gasteiger partial charge on any atom is -0.508 e. The number of aromatic hydroxyl groups is 2. The molecule has 8 nitrogen and oxygen atoms in total. The number of ketones is 2. The van der Waals surface area contributed by atoms with E-state index >= 15 is 0 Å². The topological polar surface area (TPSA) is 123 Å². The number of carbonyl (C=O) groups excluding carboxylic acids is 2. The molecule has 1 aliphatic carbocycles. The van der Waals surface area contributed by atoms with E-state index in [4.69, 9.17) is 14.2 Å². The van der Waals surface area contributed by atoms with E-state index in [1.54, 1.807) is 6.92 Å². The quantitative estimate of drug-likeness (QED) is 0.570. The molecule has 2 aromatic carbocycles. The normalized spacial score (nSPS) is 26.9. The standard InChI is InChI=1S/C21H18O8/c1-21-4-3-11(23)20(29-21)16-13(28-21)7-10-15(19(16)26)18(25)14-9(17(10)24)5-8(22)6-12(14)27-2/h5-7,11,20,22-23,26H,3-4H2,1-2H3/t11-,20-,21+/m0/s1. The van der Waals surface area contributed by atoms with Crippen molar-refractivity contribution in [2.45, 2.75) is 37.8 Å². The van der Waals surface area contributed by atoms with Gasteiger partial charge in [-0.3, -0.25) is 9.59 Å². The summed E-state index contributed by atoms with van der Waals surface area (Å²) in [6.45, 7) is 1.72. The summed E-state index contributed by atoms with van der Waals surface area (Å²) >= 11 is 0. The van der Waals surface area contributed by atoms with Crippen molar-refractivity contribution in [1.29, 1.82) is 0 Å². The van der Waals surface area contributed by atoms with Crippen molar-refractivity contribution in [3.8, 4) is 23.0 Å². The van der Waals surface area contributed by atoms with E-state index in [9.17, 15) is 24.9 Å². The monoisotopic (exact) mass is 398 g/mol. The lowest BCUT2D eigenvalue weighted by Crippen LogP contribution is -2.48. The van der Waals surface area contributed by atoms with Crippen LogP contribution in [0.4, 0.5) is 0 Å². The third-order valence-electron chi connectivity index (χ3n) is 5.78. The summed E-state index contributed by atoms with van der Waals surface area (Å²) in [5, 5.41) is 31.3. The molecule has 2 aliphatic heterocycles. The molecule has 2 heterocycles. The first-order valence-electron chi connectivity index (χ1n) is 9.19. The first-order chi connectivity index (χ1) is 13.7. The number of phenols is 2. The number of aliphatic hydroxyl groups excluding tert-OH is 1. The predicted octanol–water partition coefficient (Wildman–Crippen LogP) is 2.20. The van der Waals surface area contributed by atoms with Crippen LogP contribution in [0.2, 0.25) is 0 Å². The van der Waals surface area contributed by atoms with Gasteiger partial charge in [0.25, 0.3) is 0 Å². The van der Waals surface area contributed by atoms with Crippen LogP contribution >= 0.6 is 0 Å². The SMILES string of the molecule is COc1cc(O)cc2c1C(=O)c1c(cc3c(c1O)[C@H]1O[C@](C)(CC[C@@H]1O)O3)C2=O. The first-order valence-corrected chi connectivity index (χ1v) is 9.19. The maximum absolute atomic E-state index is 13.3. The van der Waals surface area contributed by atoms with Gasteiger partial charge in [-0.05, 0) is 18.6 Å². The molecule has 8 heteroatoms. The summed E-state index contributed by atoms with van der Waals surface area (Å²) in [6.07, 6.45) is -0.931. The molecule has 3 N–H and O–H groups in total. The van der Waals surface area contributed by atoms with Gasteiger partial charge in [0.15, 0.2) is 5.78 Å². The van der Waals surface area contributed by atoms with Gasteiger partial charge in [-0.25, -0.2) is 0 Å². The Kier molecular flexibility index (Phi) is 3.54. The molecule has 0 radical (unpaired) electrons. The summed E-state index contributed by atoms with van der Waals surface area (Å²) < 4.78 is 16.9. The number of phenolic OH excluding ortho intramolecular Hbond substituents is 2. The zero-order valence-electron chi connectivity index (χ0n) is 15.7. The van der Waals surface area contributed by atoms with Crippen molar-refractivity contribution in [1.82, 2.24) is 0 Å². The van der Waals surface area contributed by atoms with E-state index in [1.807, 2.05) is 0 Å². The first kappa shape index (κ1) is 18.0. The molecule has 5 rings (SSSR count). The summed E-state index contributed by atoms with van der Waals surface area (Å²) in [5.74, 6) is -2.63. The average Bonchev–Trinajstić information content (AvgIpc) is 2.67. The van der Waals surface area contributed by atoms with E-state index in [0.717, 1.165) is 0 Å². The molecule has 0 saturated carbocycles. The molecule has 3 aliphatic rings. The summed E-state index contributed by atoms with van der Waals surface area (Å²) in [6, 6.07) is 3.82. The van der Waals surface area contributed by atoms with Crippen LogP contribution in [0.5, 0.6) is 23.0 Å². The fourth-order valence-electron chi connectivity index (χ4n) is 4.40. The highest BCUT2D eigenvalue weighted by molar-refractivity contribution is 6.30. The zero-order chi connectivity index (χ0) is 20.7. The van der Waals surface area contributed by atoms with Gasteiger partial charge < -0.3 is 29.5 Å². The Morgan fingerprint density at radius 2 is 1.83 bits per heavy atom. The number of hydrogen-bond donors (Lipinski definition) is 3. The molecule has 0 spiro atoms. The van der Waals surface area contributed by atoms with Crippen LogP contribution in [0, 0.1) is 0 Å². The maximum atomic E-state index is 13.3. The highest BCUT2D eigenvalue weighted by Gasteiger charge is 2.49. The minimum absolute atomic E-state index is 0.0165. The second kappa shape index (κ2) is 5.71. The molecule has 2 bridgehead atoms. The smallest absolute Gasteiger partial charge is 0.208 e. The van der Waals surface area contributed by atoms with Crippen LogP contribution in [0.1, 0.15) is 63.3 Å². The van der Waals surface area contributed by atoms with E-state index in [1.165, 1.54) is 25.3 Å². The number of rotatable bonds is 1. The van der Waals surface area contributed by atoms with Crippen LogP contribution in [0.3, 0.4) is 0 Å². The van der Waals surface area contributed by atoms with Gasteiger partial charge in [-0.2, -0.15) is 0 Å². The Bertz CT molecular complexity index is 1100. The van der Waals surface area contributed by atoms with Crippen LogP contribution in [-0.4, -0.2) is 45.9 Å². The fraction of sp³-hybridized carbons (Fsp3) is 0.333. The van der Waals surface area contributed by atoms with Crippen molar-refractivity contribution in [2.24, 2.45) is 0 Å². The van der Waals surface area contributed by atoms with Gasteiger partial charge in [-0.15, -0.1) is 0 Å². The molecular weight excluding hydrogens is 380 g/mol. The Hall–Kier alpha value is -3.10. The predicted molar refractivity (Wildman–Crippen MR) is 97.7 cm³/mol. The van der Waals surface area contributed by atoms with Gasteiger partial charge in [0.2, 0.25) is 11.6 Å². The lowest BCUT2D eigenvalue weighted by Gasteiger charge is -2.46. The molecule has 1 saturated heterocycles. The van der Waals surface area contributed by atoms with Gasteiger partial charge >= 0.3 is 0 Å². The van der Waals surface area contributed by atoms with Crippen LogP contribution in [0.15, 0.2) is 18.2 Å². The molecule has 0 aromatic heterocycles. The van der Waals surface area contributed by atoms with Gasteiger partial charge in [0.1, 0.15) is 29.1 Å². The summed E-state index contributed by atoms with van der Waals surface area (Å²) in [4.78, 5) is 26.4. The Morgan fingerprint density at radius 1 is 1.10 bits per heavy atom. The van der Waals surface area contributed by atoms with Crippen molar-refractivity contribution < 1.29 is 39.1 Å². The lowest BCUT2D eigenvalue weighted by molar-refractivity contribution is -0.270. The van der Waals surface area contributed by atoms with Crippen molar-refractivity contribution in [3.05, 3.63) is 46.0 Å². The number of ether oxygens (including phenoxy) is 3. The lowest BCUT2D eigenvalue weighted by atomic mass is 9.80. The Labute approximate surface area is 165 Å². The van der Waals surface area contributed by atoms with Crippen molar-refractivity contribution >= 4 is 11.6 Å². The molecule has 3 atom stereocenters. The highest BCUT2D eigenvalue weighted by atomic mass is 16.7. The third kappa shape index (κ3) is 2.33. The highest BCUT2D eigenvalue weighted by Crippen LogP contribution is 2.53. The van der Waals surface area contributed by atoms with Crippen molar-refractivity contribution in [2.75, 3.05) is 7.11 Å². The molecule has 29 heavy (non-hydrogen) atoms. The number of benzene rings is 2. The zero-order valence-corrected chi connectivity index (χ0v) is 15.7. The van der Waals surface area contributed by atoms with Gasteiger partial charge in [-0.1, -0.05) is 0 Å². The second-order valence-electron chi connectivity index (χ2n) is 7.67. The van der Waals surface area contributed by atoms with E-state index in [0.29, 0.717) is 12.8 Å². The van der Waals surface area contributed by atoms with Crippen LogP contribution in [-0.2, 0) is 4.74 Å². The number of hydrogen-bond acceptors (Lipinski definition) is 8.